The summed E-state index contributed by atoms with van der Waals surface area (Å²) >= 11 is 12.2. The number of carbonyl (C=O) groups is 2. The quantitative estimate of drug-likeness (QED) is 0.150. The van der Waals surface area contributed by atoms with E-state index in [2.05, 4.69) is 62.9 Å². The average Bonchev–Trinajstić information content (AvgIpc) is 3.16. The maximum Gasteiger partial charge on any atom is 0.324 e. The Hall–Kier alpha value is -4.04. The maximum absolute atomic E-state index is 14.4. The summed E-state index contributed by atoms with van der Waals surface area (Å²) in [6, 6.07) is 26.9. The first-order valence-corrected chi connectivity index (χ1v) is 20.0. The molecule has 0 bridgehead atoms. The van der Waals surface area contributed by atoms with E-state index in [1.165, 1.54) is 12.0 Å². The molecule has 1 aliphatic carbocycles. The van der Waals surface area contributed by atoms with Gasteiger partial charge >= 0.3 is 5.97 Å². The summed E-state index contributed by atoms with van der Waals surface area (Å²) in [5, 5.41) is 0.976. The molecular weight excluding hydrogens is 719 g/mol. The number of likely N-dealkylation sites (N-methyl/N-ethyl adjacent to an activating group) is 1. The number of nitrogens with zero attached hydrogens (tertiary/aromatic N) is 2. The molecule has 0 radical (unpaired) electrons. The van der Waals surface area contributed by atoms with Crippen LogP contribution in [0.25, 0.3) is 0 Å². The Labute approximate surface area is 329 Å². The van der Waals surface area contributed by atoms with E-state index in [4.69, 9.17) is 37.4 Å². The zero-order valence-electron chi connectivity index (χ0n) is 31.8. The van der Waals surface area contributed by atoms with Crippen molar-refractivity contribution in [1.29, 1.82) is 0 Å². The highest BCUT2D eigenvalue weighted by molar-refractivity contribution is 6.42. The Bertz CT molecular complexity index is 1970. The predicted molar refractivity (Wildman–Crippen MR) is 214 cm³/mol. The van der Waals surface area contributed by atoms with Crippen molar-refractivity contribution < 1.29 is 23.8 Å². The standard InChI is InChI=1S/C45H50Cl2N2O5/c1-6-38(30-10-8-7-9-11-30)49-25-33-24-42-39(22-32(33)23-40(49)45(51)54-41-20-28(4)12-18-35(41)27(2)3)48(5)44(50)43(53-42)31-14-16-34(17-15-31)52-26-29-13-19-36(46)37(47)21-29/h7-11,13-17,19,21-22,24,27-28,35,38,40-41,43H,6,12,18,20,23,25-26H2,1-5H3/t28-,35+,38+,40+,41-,43+/m1/s1. The lowest BCUT2D eigenvalue weighted by molar-refractivity contribution is -0.164. The molecule has 2 aliphatic heterocycles. The molecule has 2 heterocycles. The first-order valence-electron chi connectivity index (χ1n) is 19.3. The molecule has 1 saturated carbocycles. The van der Waals surface area contributed by atoms with Crippen LogP contribution in [0.2, 0.25) is 10.0 Å². The highest BCUT2D eigenvalue weighted by Gasteiger charge is 2.42. The molecule has 1 amide bonds. The molecular formula is C45H50Cl2N2O5. The molecule has 0 saturated heterocycles. The molecule has 284 valence electrons. The predicted octanol–water partition coefficient (Wildman–Crippen LogP) is 10.6. The van der Waals surface area contributed by atoms with Crippen LogP contribution >= 0.6 is 23.2 Å². The zero-order chi connectivity index (χ0) is 38.1. The van der Waals surface area contributed by atoms with Crippen molar-refractivity contribution in [2.45, 2.75) is 97.2 Å². The van der Waals surface area contributed by atoms with Gasteiger partial charge in [-0.05, 0) is 102 Å². The number of fused-ring (bicyclic) bond motifs is 2. The average molecular weight is 770 g/mol. The van der Waals surface area contributed by atoms with Gasteiger partial charge in [-0.2, -0.15) is 0 Å². The van der Waals surface area contributed by atoms with Crippen molar-refractivity contribution in [3.8, 4) is 11.5 Å². The van der Waals surface area contributed by atoms with E-state index >= 15 is 0 Å². The summed E-state index contributed by atoms with van der Waals surface area (Å²) < 4.78 is 19.0. The summed E-state index contributed by atoms with van der Waals surface area (Å²) in [7, 11) is 1.79. The molecule has 0 spiro atoms. The third kappa shape index (κ3) is 8.00. The lowest BCUT2D eigenvalue weighted by Crippen LogP contribution is -2.50. The van der Waals surface area contributed by atoms with Gasteiger partial charge in [0.05, 0.1) is 15.7 Å². The Balaban J connectivity index is 1.14. The van der Waals surface area contributed by atoms with E-state index in [9.17, 15) is 9.59 Å². The number of anilines is 1. The van der Waals surface area contributed by atoms with Crippen molar-refractivity contribution in [1.82, 2.24) is 4.90 Å². The van der Waals surface area contributed by atoms with Crippen LogP contribution in [0.5, 0.6) is 11.5 Å². The van der Waals surface area contributed by atoms with Gasteiger partial charge < -0.3 is 19.1 Å². The van der Waals surface area contributed by atoms with Gasteiger partial charge in [0.25, 0.3) is 5.91 Å². The summed E-state index contributed by atoms with van der Waals surface area (Å²) in [5.74, 6) is 2.32. The maximum atomic E-state index is 14.4. The molecule has 0 N–H and O–H groups in total. The molecule has 4 aromatic carbocycles. The van der Waals surface area contributed by atoms with Crippen molar-refractivity contribution >= 4 is 40.8 Å². The van der Waals surface area contributed by atoms with Crippen molar-refractivity contribution in [3.63, 3.8) is 0 Å². The number of carbonyl (C=O) groups excluding carboxylic acids is 2. The Kier molecular flexibility index (Phi) is 11.6. The molecule has 6 atom stereocenters. The fourth-order valence-electron chi connectivity index (χ4n) is 8.56. The normalized spacial score (nSPS) is 23.3. The van der Waals surface area contributed by atoms with Gasteiger partial charge in [-0.15, -0.1) is 0 Å². The van der Waals surface area contributed by atoms with E-state index in [1.807, 2.05) is 42.5 Å². The van der Waals surface area contributed by atoms with Crippen LogP contribution in [-0.4, -0.2) is 36.0 Å². The molecule has 9 heteroatoms. The summed E-state index contributed by atoms with van der Waals surface area (Å²) in [4.78, 5) is 32.2. The van der Waals surface area contributed by atoms with E-state index in [0.29, 0.717) is 64.6 Å². The van der Waals surface area contributed by atoms with Gasteiger partial charge in [-0.25, -0.2) is 0 Å². The summed E-state index contributed by atoms with van der Waals surface area (Å²) in [5.41, 5.74) is 5.64. The minimum Gasteiger partial charge on any atom is -0.489 e. The van der Waals surface area contributed by atoms with Crippen LogP contribution in [0.1, 0.15) is 93.3 Å². The van der Waals surface area contributed by atoms with Gasteiger partial charge in [0, 0.05) is 25.2 Å². The Morgan fingerprint density at radius 1 is 0.944 bits per heavy atom. The molecule has 7 rings (SSSR count). The van der Waals surface area contributed by atoms with Crippen molar-refractivity contribution in [2.75, 3.05) is 11.9 Å². The number of hydrogen-bond acceptors (Lipinski definition) is 6. The molecule has 1 fully saturated rings. The second-order valence-corrected chi connectivity index (χ2v) is 16.4. The fraction of sp³-hybridized carbons (Fsp3) is 0.422. The van der Waals surface area contributed by atoms with Gasteiger partial charge in [0.1, 0.15) is 30.3 Å². The third-order valence-corrected chi connectivity index (χ3v) is 12.4. The topological polar surface area (TPSA) is 68.3 Å². The van der Waals surface area contributed by atoms with Crippen LogP contribution < -0.4 is 14.4 Å². The fourth-order valence-corrected chi connectivity index (χ4v) is 8.88. The highest BCUT2D eigenvalue weighted by atomic mass is 35.5. The molecule has 54 heavy (non-hydrogen) atoms. The van der Waals surface area contributed by atoms with Crippen LogP contribution in [0, 0.1) is 17.8 Å². The van der Waals surface area contributed by atoms with Gasteiger partial charge in [0.15, 0.2) is 0 Å². The minimum absolute atomic E-state index is 0.0226. The monoisotopic (exact) mass is 768 g/mol. The van der Waals surface area contributed by atoms with Crippen LogP contribution in [0.4, 0.5) is 5.69 Å². The van der Waals surface area contributed by atoms with E-state index in [-0.39, 0.29) is 24.0 Å². The Morgan fingerprint density at radius 3 is 2.41 bits per heavy atom. The lowest BCUT2D eigenvalue weighted by Gasteiger charge is -2.43. The van der Waals surface area contributed by atoms with Crippen molar-refractivity contribution in [3.05, 3.63) is 123 Å². The molecule has 0 aromatic heterocycles. The minimum atomic E-state index is -0.813. The SMILES string of the molecule is CC[C@@H](c1ccccc1)N1Cc2cc3c(cc2C[C@H]1C(=O)O[C@@H]1C[C@H](C)CC[C@H]1C(C)C)N(C)C(=O)[C@H](c1ccc(OCc2ccc(Cl)c(Cl)c2)cc1)O3. The van der Waals surface area contributed by atoms with E-state index in [0.717, 1.165) is 41.5 Å². The van der Waals surface area contributed by atoms with Gasteiger partial charge in [0.2, 0.25) is 6.10 Å². The highest BCUT2D eigenvalue weighted by Crippen LogP contribution is 2.44. The molecule has 3 aliphatic rings. The van der Waals surface area contributed by atoms with Crippen LogP contribution in [0.15, 0.2) is 84.9 Å². The number of halogens is 2. The smallest absolute Gasteiger partial charge is 0.324 e. The summed E-state index contributed by atoms with van der Waals surface area (Å²) in [6.07, 6.45) is 3.60. The lowest BCUT2D eigenvalue weighted by atomic mass is 9.75. The molecule has 7 nitrogen and oxygen atoms in total. The van der Waals surface area contributed by atoms with Crippen LogP contribution in [-0.2, 0) is 33.9 Å². The third-order valence-electron chi connectivity index (χ3n) is 11.7. The molecule has 0 unspecified atom stereocenters. The zero-order valence-corrected chi connectivity index (χ0v) is 33.3. The largest absolute Gasteiger partial charge is 0.489 e. The second-order valence-electron chi connectivity index (χ2n) is 15.6. The second kappa shape index (κ2) is 16.4. The van der Waals surface area contributed by atoms with Gasteiger partial charge in [-0.3, -0.25) is 14.5 Å². The first-order chi connectivity index (χ1) is 26.0. The van der Waals surface area contributed by atoms with E-state index < -0.39 is 12.1 Å². The number of rotatable bonds is 10. The summed E-state index contributed by atoms with van der Waals surface area (Å²) in [6.45, 7) is 9.81. The number of amides is 1. The molecule has 4 aromatic rings. The van der Waals surface area contributed by atoms with Gasteiger partial charge in [-0.1, -0.05) is 106 Å². The van der Waals surface area contributed by atoms with Crippen LogP contribution in [0.3, 0.4) is 0 Å². The first kappa shape index (κ1) is 38.2. The number of hydrogen-bond donors (Lipinski definition) is 0. The number of esters is 1. The Morgan fingerprint density at radius 2 is 1.70 bits per heavy atom. The number of benzene rings is 4. The van der Waals surface area contributed by atoms with Crippen molar-refractivity contribution in [2.24, 2.45) is 17.8 Å². The van der Waals surface area contributed by atoms with E-state index in [1.54, 1.807) is 24.1 Å². The number of ether oxygens (including phenoxy) is 3.